The van der Waals surface area contributed by atoms with Crippen LogP contribution in [0, 0.1) is 0 Å². The number of benzene rings is 1. The molecule has 78 valence electrons. The minimum Gasteiger partial charge on any atom is -0.306 e. The predicted molar refractivity (Wildman–Crippen MR) is 62.6 cm³/mol. The van der Waals surface area contributed by atoms with Gasteiger partial charge in [0.1, 0.15) is 0 Å². The van der Waals surface area contributed by atoms with E-state index in [9.17, 15) is 0 Å². The molecule has 1 aromatic rings. The Hall–Kier alpha value is -0.820. The summed E-state index contributed by atoms with van der Waals surface area (Å²) in [7, 11) is 2.20. The Morgan fingerprint density at radius 2 is 1.79 bits per heavy atom. The number of hydrogen-bond donors (Lipinski definition) is 0. The van der Waals surface area contributed by atoms with Crippen molar-refractivity contribution in [3.8, 4) is 0 Å². The second-order valence-corrected chi connectivity index (χ2v) is 3.89. The lowest BCUT2D eigenvalue weighted by molar-refractivity contribution is 0.330. The molecule has 1 aromatic carbocycles. The summed E-state index contributed by atoms with van der Waals surface area (Å²) in [5.41, 5.74) is 1.46. The van der Waals surface area contributed by atoms with Gasteiger partial charge in [0.2, 0.25) is 0 Å². The Kier molecular flexibility index (Phi) is 5.31. The summed E-state index contributed by atoms with van der Waals surface area (Å²) in [4.78, 5) is 2.41. The summed E-state index contributed by atoms with van der Waals surface area (Å²) in [6.07, 6.45) is 3.72. The SMILES string of the molecule is CCCN(C)CCCc1ccccc1. The van der Waals surface area contributed by atoms with Crippen LogP contribution in [0.4, 0.5) is 0 Å². The predicted octanol–water partition coefficient (Wildman–Crippen LogP) is 2.96. The van der Waals surface area contributed by atoms with Crippen LogP contribution >= 0.6 is 0 Å². The van der Waals surface area contributed by atoms with Crippen molar-refractivity contribution in [2.75, 3.05) is 20.1 Å². The topological polar surface area (TPSA) is 3.24 Å². The molecule has 0 saturated heterocycles. The molecule has 0 unspecified atom stereocenters. The van der Waals surface area contributed by atoms with E-state index in [0.717, 1.165) is 0 Å². The quantitative estimate of drug-likeness (QED) is 0.668. The van der Waals surface area contributed by atoms with Crippen LogP contribution in [0.1, 0.15) is 25.3 Å². The Labute approximate surface area is 87.7 Å². The van der Waals surface area contributed by atoms with Crippen LogP contribution in [0.25, 0.3) is 0 Å². The van der Waals surface area contributed by atoms with Gasteiger partial charge in [0, 0.05) is 0 Å². The Morgan fingerprint density at radius 3 is 2.43 bits per heavy atom. The summed E-state index contributed by atoms with van der Waals surface area (Å²) >= 11 is 0. The molecule has 1 nitrogen and oxygen atoms in total. The second-order valence-electron chi connectivity index (χ2n) is 3.89. The highest BCUT2D eigenvalue weighted by atomic mass is 15.1. The van der Waals surface area contributed by atoms with E-state index in [1.54, 1.807) is 0 Å². The highest BCUT2D eigenvalue weighted by Crippen LogP contribution is 2.02. The van der Waals surface area contributed by atoms with Gasteiger partial charge < -0.3 is 4.90 Å². The van der Waals surface area contributed by atoms with Crippen molar-refractivity contribution in [2.24, 2.45) is 0 Å². The molecule has 0 aliphatic heterocycles. The van der Waals surface area contributed by atoms with Gasteiger partial charge in [0.25, 0.3) is 0 Å². The normalized spacial score (nSPS) is 10.8. The van der Waals surface area contributed by atoms with Gasteiger partial charge in [-0.1, -0.05) is 37.3 Å². The van der Waals surface area contributed by atoms with E-state index < -0.39 is 0 Å². The molecule has 0 radical (unpaired) electrons. The van der Waals surface area contributed by atoms with E-state index in [-0.39, 0.29) is 0 Å². The molecule has 0 aliphatic carbocycles. The average molecular weight is 191 g/mol. The second kappa shape index (κ2) is 6.61. The third-order valence-corrected chi connectivity index (χ3v) is 2.45. The zero-order chi connectivity index (χ0) is 10.2. The summed E-state index contributed by atoms with van der Waals surface area (Å²) in [6.45, 7) is 4.66. The van der Waals surface area contributed by atoms with Crippen molar-refractivity contribution in [1.29, 1.82) is 0 Å². The molecule has 0 N–H and O–H groups in total. The lowest BCUT2D eigenvalue weighted by Gasteiger charge is -2.14. The fourth-order valence-electron chi connectivity index (χ4n) is 1.69. The smallest absolute Gasteiger partial charge is 0.00186 e. The summed E-state index contributed by atoms with van der Waals surface area (Å²) in [5.74, 6) is 0. The van der Waals surface area contributed by atoms with Gasteiger partial charge in [0.15, 0.2) is 0 Å². The van der Waals surface area contributed by atoms with Crippen LogP contribution in [-0.4, -0.2) is 25.0 Å². The van der Waals surface area contributed by atoms with Gasteiger partial charge in [-0.15, -0.1) is 0 Å². The van der Waals surface area contributed by atoms with Crippen molar-refractivity contribution in [3.63, 3.8) is 0 Å². The number of aryl methyl sites for hydroxylation is 1. The molecule has 0 saturated carbocycles. The molecule has 0 fully saturated rings. The molecule has 0 amide bonds. The van der Waals surface area contributed by atoms with E-state index in [2.05, 4.69) is 49.2 Å². The van der Waals surface area contributed by atoms with Crippen LogP contribution in [0.2, 0.25) is 0 Å². The van der Waals surface area contributed by atoms with Crippen LogP contribution in [0.5, 0.6) is 0 Å². The monoisotopic (exact) mass is 191 g/mol. The minimum absolute atomic E-state index is 1.20. The first-order valence-corrected chi connectivity index (χ1v) is 5.55. The standard InChI is InChI=1S/C13H21N/c1-3-11-14(2)12-7-10-13-8-5-4-6-9-13/h4-6,8-9H,3,7,10-12H2,1-2H3. The number of nitrogens with zero attached hydrogens (tertiary/aromatic N) is 1. The molecular weight excluding hydrogens is 170 g/mol. The molecule has 0 heterocycles. The maximum Gasteiger partial charge on any atom is -0.00186 e. The summed E-state index contributed by atoms with van der Waals surface area (Å²) < 4.78 is 0. The molecule has 1 rings (SSSR count). The van der Waals surface area contributed by atoms with Gasteiger partial charge >= 0.3 is 0 Å². The van der Waals surface area contributed by atoms with Crippen LogP contribution in [0.15, 0.2) is 30.3 Å². The molecule has 0 atom stereocenters. The summed E-state index contributed by atoms with van der Waals surface area (Å²) in [6, 6.07) is 10.7. The third-order valence-electron chi connectivity index (χ3n) is 2.45. The summed E-state index contributed by atoms with van der Waals surface area (Å²) in [5, 5.41) is 0. The van der Waals surface area contributed by atoms with E-state index in [4.69, 9.17) is 0 Å². The van der Waals surface area contributed by atoms with Gasteiger partial charge in [-0.2, -0.15) is 0 Å². The molecule has 14 heavy (non-hydrogen) atoms. The van der Waals surface area contributed by atoms with Crippen molar-refractivity contribution in [3.05, 3.63) is 35.9 Å². The molecule has 0 spiro atoms. The van der Waals surface area contributed by atoms with Crippen LogP contribution < -0.4 is 0 Å². The largest absolute Gasteiger partial charge is 0.306 e. The van der Waals surface area contributed by atoms with E-state index >= 15 is 0 Å². The Balaban J connectivity index is 2.16. The number of hydrogen-bond acceptors (Lipinski definition) is 1. The Bertz CT molecular complexity index is 230. The van der Waals surface area contributed by atoms with Gasteiger partial charge in [-0.25, -0.2) is 0 Å². The molecular formula is C13H21N. The highest BCUT2D eigenvalue weighted by molar-refractivity contribution is 5.14. The van der Waals surface area contributed by atoms with Crippen LogP contribution in [-0.2, 0) is 6.42 Å². The van der Waals surface area contributed by atoms with E-state index in [0.29, 0.717) is 0 Å². The highest BCUT2D eigenvalue weighted by Gasteiger charge is 1.96. The first-order chi connectivity index (χ1) is 6.83. The van der Waals surface area contributed by atoms with E-state index in [1.165, 1.54) is 37.9 Å². The van der Waals surface area contributed by atoms with Gasteiger partial charge in [-0.05, 0) is 45.0 Å². The lowest BCUT2D eigenvalue weighted by atomic mass is 10.1. The molecule has 0 bridgehead atoms. The van der Waals surface area contributed by atoms with Gasteiger partial charge in [0.05, 0.1) is 0 Å². The average Bonchev–Trinajstić information content (AvgIpc) is 2.20. The first kappa shape index (κ1) is 11.3. The molecule has 0 aromatic heterocycles. The minimum atomic E-state index is 1.20. The maximum atomic E-state index is 2.41. The van der Waals surface area contributed by atoms with Crippen LogP contribution in [0.3, 0.4) is 0 Å². The zero-order valence-electron chi connectivity index (χ0n) is 9.37. The maximum absolute atomic E-state index is 2.41. The fraction of sp³-hybridized carbons (Fsp3) is 0.538. The first-order valence-electron chi connectivity index (χ1n) is 5.55. The fourth-order valence-corrected chi connectivity index (χ4v) is 1.69. The van der Waals surface area contributed by atoms with E-state index in [1.807, 2.05) is 0 Å². The van der Waals surface area contributed by atoms with Crippen molar-refractivity contribution in [1.82, 2.24) is 4.90 Å². The zero-order valence-corrected chi connectivity index (χ0v) is 9.37. The molecule has 0 aliphatic rings. The van der Waals surface area contributed by atoms with Gasteiger partial charge in [-0.3, -0.25) is 0 Å². The lowest BCUT2D eigenvalue weighted by Crippen LogP contribution is -2.20. The van der Waals surface area contributed by atoms with Crippen molar-refractivity contribution >= 4 is 0 Å². The van der Waals surface area contributed by atoms with Crippen molar-refractivity contribution in [2.45, 2.75) is 26.2 Å². The third kappa shape index (κ3) is 4.43. The Morgan fingerprint density at radius 1 is 1.07 bits per heavy atom. The number of rotatable bonds is 6. The van der Waals surface area contributed by atoms with Crippen molar-refractivity contribution < 1.29 is 0 Å². The molecule has 1 heteroatoms.